The van der Waals surface area contributed by atoms with E-state index in [-0.39, 0.29) is 11.4 Å². The molecule has 0 saturated heterocycles. The van der Waals surface area contributed by atoms with Crippen LogP contribution in [0.2, 0.25) is 0 Å². The van der Waals surface area contributed by atoms with E-state index in [0.29, 0.717) is 13.2 Å². The third-order valence-corrected chi connectivity index (χ3v) is 2.14. The smallest absolute Gasteiger partial charge is 0.342 e. The molecule has 1 rings (SSSR count). The Bertz CT molecular complexity index is 449. The van der Waals surface area contributed by atoms with Gasteiger partial charge in [0.2, 0.25) is 0 Å². The van der Waals surface area contributed by atoms with Crippen molar-refractivity contribution in [2.75, 3.05) is 25.6 Å². The predicted molar refractivity (Wildman–Crippen MR) is 62.8 cm³/mol. The molecule has 0 aliphatic carbocycles. The molecule has 18 heavy (non-hydrogen) atoms. The Morgan fingerprint density at radius 1 is 1.67 bits per heavy atom. The van der Waals surface area contributed by atoms with E-state index in [1.54, 1.807) is 7.11 Å². The zero-order valence-corrected chi connectivity index (χ0v) is 9.75. The van der Waals surface area contributed by atoms with Crippen molar-refractivity contribution in [2.24, 2.45) is 0 Å². The van der Waals surface area contributed by atoms with Crippen molar-refractivity contribution in [1.82, 2.24) is 4.98 Å². The molecule has 0 aliphatic heterocycles. The van der Waals surface area contributed by atoms with E-state index in [9.17, 15) is 14.9 Å². The molecular formula is C10H13N3O5. The standard InChI is InChI=1S/C10H13N3O5/c1-18-4-2-3-11-9-5-7(10(14)15)8(6-12-9)13(16)17/h5-6H,2-4H2,1H3,(H,11,12)(H,14,15). The number of hydrogen-bond donors (Lipinski definition) is 2. The van der Waals surface area contributed by atoms with Crippen LogP contribution >= 0.6 is 0 Å². The van der Waals surface area contributed by atoms with Crippen LogP contribution in [-0.4, -0.2) is 41.2 Å². The van der Waals surface area contributed by atoms with Crippen LogP contribution in [0.15, 0.2) is 12.3 Å². The third-order valence-electron chi connectivity index (χ3n) is 2.14. The molecule has 1 aromatic rings. The summed E-state index contributed by atoms with van der Waals surface area (Å²) in [6, 6.07) is 1.15. The van der Waals surface area contributed by atoms with Gasteiger partial charge in [0.25, 0.3) is 0 Å². The highest BCUT2D eigenvalue weighted by Crippen LogP contribution is 2.20. The topological polar surface area (TPSA) is 115 Å². The van der Waals surface area contributed by atoms with Gasteiger partial charge in [0.1, 0.15) is 17.6 Å². The van der Waals surface area contributed by atoms with Gasteiger partial charge in [-0.2, -0.15) is 0 Å². The quantitative estimate of drug-likeness (QED) is 0.426. The molecule has 1 heterocycles. The lowest BCUT2D eigenvalue weighted by atomic mass is 10.2. The van der Waals surface area contributed by atoms with Crippen molar-refractivity contribution >= 4 is 17.5 Å². The number of nitrogens with one attached hydrogen (secondary N) is 1. The van der Waals surface area contributed by atoms with Gasteiger partial charge in [-0.1, -0.05) is 0 Å². The Morgan fingerprint density at radius 3 is 2.94 bits per heavy atom. The Labute approximate surface area is 103 Å². The van der Waals surface area contributed by atoms with E-state index in [2.05, 4.69) is 10.3 Å². The van der Waals surface area contributed by atoms with Gasteiger partial charge in [-0.25, -0.2) is 9.78 Å². The van der Waals surface area contributed by atoms with E-state index < -0.39 is 16.6 Å². The number of methoxy groups -OCH3 is 1. The maximum atomic E-state index is 10.9. The fourth-order valence-corrected chi connectivity index (χ4v) is 1.29. The molecule has 0 spiro atoms. The van der Waals surface area contributed by atoms with Gasteiger partial charge < -0.3 is 15.2 Å². The highest BCUT2D eigenvalue weighted by atomic mass is 16.6. The summed E-state index contributed by atoms with van der Waals surface area (Å²) in [6.45, 7) is 1.10. The molecule has 2 N–H and O–H groups in total. The molecule has 0 aliphatic rings. The fourth-order valence-electron chi connectivity index (χ4n) is 1.29. The summed E-state index contributed by atoms with van der Waals surface area (Å²) in [5, 5.41) is 22.3. The third kappa shape index (κ3) is 3.67. The number of carboxylic acids is 1. The second kappa shape index (κ2) is 6.50. The SMILES string of the molecule is COCCCNc1cc(C(=O)O)c([N+](=O)[O-])cn1. The van der Waals surface area contributed by atoms with E-state index >= 15 is 0 Å². The molecular weight excluding hydrogens is 242 g/mol. The summed E-state index contributed by atoms with van der Waals surface area (Å²) in [6.07, 6.45) is 1.65. The molecule has 8 heteroatoms. The number of nitrogens with zero attached hydrogens (tertiary/aromatic N) is 2. The molecule has 0 amide bonds. The number of aromatic nitrogens is 1. The second-order valence-electron chi connectivity index (χ2n) is 3.42. The van der Waals surface area contributed by atoms with Crippen LogP contribution in [0.5, 0.6) is 0 Å². The Kier molecular flexibility index (Phi) is 5.00. The zero-order chi connectivity index (χ0) is 13.5. The number of rotatable bonds is 7. The minimum atomic E-state index is -1.36. The monoisotopic (exact) mass is 255 g/mol. The maximum Gasteiger partial charge on any atom is 0.342 e. The Hall–Kier alpha value is -2.22. The normalized spacial score (nSPS) is 10.1. The van der Waals surface area contributed by atoms with Crippen molar-refractivity contribution < 1.29 is 19.6 Å². The number of ether oxygens (including phenoxy) is 1. The average Bonchev–Trinajstić information content (AvgIpc) is 2.34. The summed E-state index contributed by atoms with van der Waals surface area (Å²) in [5.74, 6) is -1.07. The van der Waals surface area contributed by atoms with Crippen LogP contribution < -0.4 is 5.32 Å². The van der Waals surface area contributed by atoms with Crippen LogP contribution in [-0.2, 0) is 4.74 Å². The molecule has 0 bridgehead atoms. The minimum Gasteiger partial charge on any atom is -0.477 e. The summed E-state index contributed by atoms with van der Waals surface area (Å²) in [4.78, 5) is 24.5. The summed E-state index contributed by atoms with van der Waals surface area (Å²) >= 11 is 0. The van der Waals surface area contributed by atoms with Crippen LogP contribution in [0.4, 0.5) is 11.5 Å². The summed E-state index contributed by atoms with van der Waals surface area (Å²) < 4.78 is 4.85. The number of pyridine rings is 1. The maximum absolute atomic E-state index is 10.9. The number of anilines is 1. The molecule has 1 aromatic heterocycles. The van der Waals surface area contributed by atoms with E-state index in [0.717, 1.165) is 18.7 Å². The van der Waals surface area contributed by atoms with Crippen LogP contribution in [0, 0.1) is 10.1 Å². The average molecular weight is 255 g/mol. The lowest BCUT2D eigenvalue weighted by Crippen LogP contribution is -2.09. The molecule has 0 fully saturated rings. The van der Waals surface area contributed by atoms with Gasteiger partial charge in [0, 0.05) is 26.3 Å². The molecule has 0 aromatic carbocycles. The molecule has 8 nitrogen and oxygen atoms in total. The van der Waals surface area contributed by atoms with Crippen molar-refractivity contribution in [2.45, 2.75) is 6.42 Å². The number of carboxylic acid groups (broad SMARTS) is 1. The van der Waals surface area contributed by atoms with Gasteiger partial charge in [-0.3, -0.25) is 10.1 Å². The summed E-state index contributed by atoms with van der Waals surface area (Å²) in [5.41, 5.74) is -0.908. The molecule has 98 valence electrons. The fraction of sp³-hybridized carbons (Fsp3) is 0.400. The first-order chi connectivity index (χ1) is 8.56. The lowest BCUT2D eigenvalue weighted by molar-refractivity contribution is -0.385. The van der Waals surface area contributed by atoms with Crippen molar-refractivity contribution in [3.63, 3.8) is 0 Å². The molecule has 0 atom stereocenters. The number of hydrogen-bond acceptors (Lipinski definition) is 6. The zero-order valence-electron chi connectivity index (χ0n) is 9.75. The second-order valence-corrected chi connectivity index (χ2v) is 3.42. The Balaban J connectivity index is 2.80. The first-order valence-electron chi connectivity index (χ1n) is 5.16. The number of nitro groups is 1. The predicted octanol–water partition coefficient (Wildman–Crippen LogP) is 1.14. The largest absolute Gasteiger partial charge is 0.477 e. The van der Waals surface area contributed by atoms with Gasteiger partial charge in [0.05, 0.1) is 4.92 Å². The van der Waals surface area contributed by atoms with E-state index in [1.807, 2.05) is 0 Å². The van der Waals surface area contributed by atoms with Crippen LogP contribution in [0.25, 0.3) is 0 Å². The van der Waals surface area contributed by atoms with Gasteiger partial charge in [0.15, 0.2) is 0 Å². The molecule has 0 radical (unpaired) electrons. The van der Waals surface area contributed by atoms with Crippen molar-refractivity contribution in [1.29, 1.82) is 0 Å². The first kappa shape index (κ1) is 13.8. The number of aromatic carboxylic acids is 1. The molecule has 0 saturated carbocycles. The van der Waals surface area contributed by atoms with Crippen molar-refractivity contribution in [3.8, 4) is 0 Å². The number of carbonyl (C=O) groups is 1. The van der Waals surface area contributed by atoms with Gasteiger partial charge in [-0.05, 0) is 6.42 Å². The van der Waals surface area contributed by atoms with Crippen LogP contribution in [0.1, 0.15) is 16.8 Å². The summed E-state index contributed by atoms with van der Waals surface area (Å²) in [7, 11) is 1.58. The minimum absolute atomic E-state index is 0.286. The van der Waals surface area contributed by atoms with Gasteiger partial charge >= 0.3 is 11.7 Å². The highest BCUT2D eigenvalue weighted by molar-refractivity contribution is 5.93. The van der Waals surface area contributed by atoms with Crippen molar-refractivity contribution in [3.05, 3.63) is 27.9 Å². The molecule has 0 unspecified atom stereocenters. The van der Waals surface area contributed by atoms with E-state index in [4.69, 9.17) is 9.84 Å². The first-order valence-corrected chi connectivity index (χ1v) is 5.16. The van der Waals surface area contributed by atoms with Gasteiger partial charge in [-0.15, -0.1) is 0 Å². The van der Waals surface area contributed by atoms with E-state index in [1.165, 1.54) is 0 Å². The lowest BCUT2D eigenvalue weighted by Gasteiger charge is -2.06. The van der Waals surface area contributed by atoms with Crippen LogP contribution in [0.3, 0.4) is 0 Å². The Morgan fingerprint density at radius 2 is 2.39 bits per heavy atom. The highest BCUT2D eigenvalue weighted by Gasteiger charge is 2.20.